The largest absolute Gasteiger partial charge is 0.444 e. The molecule has 1 aromatic heterocycles. The number of carbonyl (C=O) groups is 1. The Hall–Kier alpha value is -1.72. The van der Waals surface area contributed by atoms with E-state index in [4.69, 9.17) is 9.26 Å². The highest BCUT2D eigenvalue weighted by Gasteiger charge is 2.22. The molecule has 6 heteroatoms. The van der Waals surface area contributed by atoms with Gasteiger partial charge in [-0.1, -0.05) is 0 Å². The van der Waals surface area contributed by atoms with Crippen LogP contribution in [0.3, 0.4) is 0 Å². The van der Waals surface area contributed by atoms with Gasteiger partial charge >= 0.3 is 6.09 Å². The molecule has 0 aliphatic carbocycles. The summed E-state index contributed by atoms with van der Waals surface area (Å²) < 4.78 is 10.1. The predicted octanol–water partition coefficient (Wildman–Crippen LogP) is 1.72. The Labute approximate surface area is 99.5 Å². The minimum absolute atomic E-state index is 0.212. The van der Waals surface area contributed by atoms with Crippen LogP contribution in [-0.4, -0.2) is 28.3 Å². The maximum atomic E-state index is 11.8. The average Bonchev–Trinajstić information content (AvgIpc) is 2.57. The van der Waals surface area contributed by atoms with Gasteiger partial charge in [0.15, 0.2) is 5.76 Å². The van der Waals surface area contributed by atoms with Crippen LogP contribution in [0.4, 0.5) is 4.79 Å². The third kappa shape index (κ3) is 4.34. The molecule has 1 N–H and O–H groups in total. The molecule has 0 atom stereocenters. The highest BCUT2D eigenvalue weighted by atomic mass is 16.6. The first-order valence-corrected chi connectivity index (χ1v) is 5.47. The van der Waals surface area contributed by atoms with Crippen molar-refractivity contribution in [3.63, 3.8) is 0 Å². The van der Waals surface area contributed by atoms with E-state index in [-0.39, 0.29) is 12.1 Å². The van der Waals surface area contributed by atoms with E-state index >= 15 is 0 Å². The zero-order chi connectivity index (χ0) is 13.1. The average molecular weight is 242 g/mol. The predicted molar refractivity (Wildman–Crippen MR) is 61.6 cm³/mol. The van der Waals surface area contributed by atoms with E-state index in [2.05, 4.69) is 5.16 Å². The van der Waals surface area contributed by atoms with Crippen molar-refractivity contribution in [3.05, 3.63) is 22.2 Å². The van der Waals surface area contributed by atoms with Crippen LogP contribution < -0.4 is 5.56 Å². The lowest BCUT2D eigenvalue weighted by Crippen LogP contribution is -2.36. The maximum Gasteiger partial charge on any atom is 0.410 e. The second-order valence-electron chi connectivity index (χ2n) is 4.67. The lowest BCUT2D eigenvalue weighted by atomic mass is 10.2. The monoisotopic (exact) mass is 242 g/mol. The van der Waals surface area contributed by atoms with Crippen molar-refractivity contribution in [3.8, 4) is 0 Å². The highest BCUT2D eigenvalue weighted by molar-refractivity contribution is 5.68. The molecule has 0 fully saturated rings. The summed E-state index contributed by atoms with van der Waals surface area (Å²) in [5, 5.41) is 2.18. The van der Waals surface area contributed by atoms with Crippen LogP contribution in [0.5, 0.6) is 0 Å². The van der Waals surface area contributed by atoms with Gasteiger partial charge in [0.2, 0.25) is 0 Å². The number of aromatic amines is 1. The quantitative estimate of drug-likeness (QED) is 0.875. The van der Waals surface area contributed by atoms with Gasteiger partial charge in [0.25, 0.3) is 5.56 Å². The molecule has 0 unspecified atom stereocenters. The molecule has 1 amide bonds. The normalized spacial score (nSPS) is 11.3. The molecule has 0 aromatic carbocycles. The minimum atomic E-state index is -0.538. The molecule has 96 valence electrons. The summed E-state index contributed by atoms with van der Waals surface area (Å²) in [6, 6.07) is 1.31. The van der Waals surface area contributed by atoms with Gasteiger partial charge in [0, 0.05) is 12.6 Å². The molecule has 0 aliphatic heterocycles. The number of nitrogens with zero attached hydrogens (tertiary/aromatic N) is 1. The highest BCUT2D eigenvalue weighted by Crippen LogP contribution is 2.11. The lowest BCUT2D eigenvalue weighted by Gasteiger charge is -2.25. The fraction of sp³-hybridized carbons (Fsp3) is 0.636. The number of carbonyl (C=O) groups excluding carboxylic acids is 1. The molecular formula is C11H18N2O4. The van der Waals surface area contributed by atoms with Gasteiger partial charge in [-0.15, -0.1) is 0 Å². The fourth-order valence-electron chi connectivity index (χ4n) is 1.22. The SMILES string of the molecule is CCN(Cc1cc(=O)[nH]o1)C(=O)OC(C)(C)C. The molecule has 0 bridgehead atoms. The van der Waals surface area contributed by atoms with Gasteiger partial charge in [0.1, 0.15) is 5.60 Å². The molecule has 17 heavy (non-hydrogen) atoms. The van der Waals surface area contributed by atoms with E-state index in [0.717, 1.165) is 0 Å². The molecule has 0 radical (unpaired) electrons. The van der Waals surface area contributed by atoms with Crippen LogP contribution in [0.25, 0.3) is 0 Å². The first-order chi connectivity index (χ1) is 7.81. The number of ether oxygens (including phenoxy) is 1. The van der Waals surface area contributed by atoms with E-state index in [1.165, 1.54) is 11.0 Å². The van der Waals surface area contributed by atoms with E-state index in [9.17, 15) is 9.59 Å². The van der Waals surface area contributed by atoms with E-state index in [1.807, 2.05) is 6.92 Å². The van der Waals surface area contributed by atoms with Gasteiger partial charge in [0.05, 0.1) is 6.54 Å². The van der Waals surface area contributed by atoms with Gasteiger partial charge in [-0.05, 0) is 27.7 Å². The van der Waals surface area contributed by atoms with Crippen molar-refractivity contribution < 1.29 is 14.1 Å². The Morgan fingerprint density at radius 2 is 2.18 bits per heavy atom. The summed E-state index contributed by atoms with van der Waals surface area (Å²) in [4.78, 5) is 24.1. The second kappa shape index (κ2) is 5.07. The van der Waals surface area contributed by atoms with Crippen molar-refractivity contribution in [1.29, 1.82) is 0 Å². The number of aromatic nitrogens is 1. The zero-order valence-corrected chi connectivity index (χ0v) is 10.6. The number of hydrogen-bond donors (Lipinski definition) is 1. The fourth-order valence-corrected chi connectivity index (χ4v) is 1.22. The van der Waals surface area contributed by atoms with Gasteiger partial charge < -0.3 is 14.2 Å². The van der Waals surface area contributed by atoms with Crippen LogP contribution >= 0.6 is 0 Å². The third-order valence-corrected chi connectivity index (χ3v) is 1.95. The molecule has 1 heterocycles. The van der Waals surface area contributed by atoms with Crippen molar-refractivity contribution >= 4 is 6.09 Å². The molecule has 0 saturated heterocycles. The maximum absolute atomic E-state index is 11.8. The summed E-state index contributed by atoms with van der Waals surface area (Å²) >= 11 is 0. The Morgan fingerprint density at radius 3 is 2.59 bits per heavy atom. The summed E-state index contributed by atoms with van der Waals surface area (Å²) in [5.41, 5.74) is -0.857. The molecular weight excluding hydrogens is 224 g/mol. The number of rotatable bonds is 3. The van der Waals surface area contributed by atoms with Gasteiger partial charge in [-0.25, -0.2) is 4.79 Å². The van der Waals surface area contributed by atoms with Gasteiger partial charge in [-0.2, -0.15) is 5.16 Å². The zero-order valence-electron chi connectivity index (χ0n) is 10.6. The standard InChI is InChI=1S/C11H18N2O4/c1-5-13(10(15)16-11(2,3)4)7-8-6-9(14)12-17-8/h6H,5,7H2,1-4H3,(H,12,14). The van der Waals surface area contributed by atoms with Crippen molar-refractivity contribution in [2.75, 3.05) is 6.54 Å². The van der Waals surface area contributed by atoms with Gasteiger partial charge in [-0.3, -0.25) is 4.79 Å². The summed E-state index contributed by atoms with van der Waals surface area (Å²) in [6.45, 7) is 7.92. The first kappa shape index (κ1) is 13.3. The Morgan fingerprint density at radius 1 is 1.53 bits per heavy atom. The Bertz CT molecular complexity index is 427. The molecule has 0 saturated carbocycles. The third-order valence-electron chi connectivity index (χ3n) is 1.95. The molecule has 0 aliphatic rings. The Balaban J connectivity index is 2.65. The van der Waals surface area contributed by atoms with Crippen molar-refractivity contribution in [1.82, 2.24) is 10.1 Å². The minimum Gasteiger partial charge on any atom is -0.444 e. The number of nitrogens with one attached hydrogen (secondary N) is 1. The summed E-state index contributed by atoms with van der Waals surface area (Å²) in [6.07, 6.45) is -0.427. The molecule has 1 aromatic rings. The topological polar surface area (TPSA) is 75.5 Å². The van der Waals surface area contributed by atoms with Crippen molar-refractivity contribution in [2.45, 2.75) is 39.8 Å². The number of hydrogen-bond acceptors (Lipinski definition) is 4. The second-order valence-corrected chi connectivity index (χ2v) is 4.67. The smallest absolute Gasteiger partial charge is 0.410 e. The summed E-state index contributed by atoms with van der Waals surface area (Å²) in [5.74, 6) is 0.405. The number of H-pyrrole nitrogens is 1. The number of amides is 1. The Kier molecular flexibility index (Phi) is 3.98. The molecule has 1 rings (SSSR count). The van der Waals surface area contributed by atoms with Crippen LogP contribution in [0.1, 0.15) is 33.5 Å². The lowest BCUT2D eigenvalue weighted by molar-refractivity contribution is 0.0229. The summed E-state index contributed by atoms with van der Waals surface area (Å²) in [7, 11) is 0. The van der Waals surface area contributed by atoms with E-state index in [0.29, 0.717) is 12.3 Å². The van der Waals surface area contributed by atoms with E-state index in [1.54, 1.807) is 20.8 Å². The molecule has 0 spiro atoms. The van der Waals surface area contributed by atoms with Crippen LogP contribution in [0.2, 0.25) is 0 Å². The van der Waals surface area contributed by atoms with Crippen LogP contribution in [0.15, 0.2) is 15.4 Å². The van der Waals surface area contributed by atoms with Crippen LogP contribution in [-0.2, 0) is 11.3 Å². The van der Waals surface area contributed by atoms with Crippen LogP contribution in [0, 0.1) is 0 Å². The molecule has 6 nitrogen and oxygen atoms in total. The first-order valence-electron chi connectivity index (χ1n) is 5.47. The van der Waals surface area contributed by atoms with E-state index < -0.39 is 11.7 Å². The van der Waals surface area contributed by atoms with Crippen molar-refractivity contribution in [2.24, 2.45) is 0 Å².